The maximum atomic E-state index is 5.78. The van der Waals surface area contributed by atoms with Crippen LogP contribution >= 0.6 is 0 Å². The Kier molecular flexibility index (Phi) is 5.49. The van der Waals surface area contributed by atoms with E-state index in [2.05, 4.69) is 38.0 Å². The van der Waals surface area contributed by atoms with E-state index in [1.54, 1.807) is 0 Å². The fraction of sp³-hybridized carbons (Fsp3) is 1.00. The molecule has 0 aromatic rings. The molecule has 4 unspecified atom stereocenters. The average Bonchev–Trinajstić information content (AvgIpc) is 2.46. The summed E-state index contributed by atoms with van der Waals surface area (Å²) in [7, 11) is 4.00. The number of hydrogen-bond donors (Lipinski definition) is 1. The van der Waals surface area contributed by atoms with Crippen LogP contribution in [-0.2, 0) is 4.74 Å². The van der Waals surface area contributed by atoms with E-state index in [0.29, 0.717) is 12.1 Å². The third-order valence-corrected chi connectivity index (χ3v) is 5.82. The van der Waals surface area contributed by atoms with E-state index in [4.69, 9.17) is 4.74 Å². The molecular formula is C17H34N2O. The summed E-state index contributed by atoms with van der Waals surface area (Å²) in [4.78, 5) is 2.71. The van der Waals surface area contributed by atoms with Crippen molar-refractivity contribution in [2.45, 2.75) is 70.6 Å². The summed E-state index contributed by atoms with van der Waals surface area (Å²) in [6.07, 6.45) is 6.52. The molecule has 2 rings (SSSR count). The molecule has 118 valence electrons. The maximum absolute atomic E-state index is 5.78. The van der Waals surface area contributed by atoms with Crippen LogP contribution < -0.4 is 5.32 Å². The molecule has 20 heavy (non-hydrogen) atoms. The molecule has 2 fully saturated rings. The predicted molar refractivity (Wildman–Crippen MR) is 85.0 cm³/mol. The predicted octanol–water partition coefficient (Wildman–Crippen LogP) is 2.90. The molecule has 0 amide bonds. The van der Waals surface area contributed by atoms with Crippen LogP contribution in [0.4, 0.5) is 0 Å². The minimum atomic E-state index is 0.0569. The third kappa shape index (κ3) is 3.55. The average molecular weight is 282 g/mol. The number of likely N-dealkylation sites (tertiary alicyclic amines) is 1. The molecule has 0 aromatic carbocycles. The Labute approximate surface area is 125 Å². The second kappa shape index (κ2) is 6.76. The van der Waals surface area contributed by atoms with Crippen molar-refractivity contribution < 1.29 is 4.74 Å². The molecule has 0 aromatic heterocycles. The molecule has 1 saturated heterocycles. The first-order valence-corrected chi connectivity index (χ1v) is 8.45. The molecule has 0 bridgehead atoms. The van der Waals surface area contributed by atoms with Crippen LogP contribution in [0.15, 0.2) is 0 Å². The number of rotatable bonds is 4. The van der Waals surface area contributed by atoms with Gasteiger partial charge in [-0.15, -0.1) is 0 Å². The standard InChI is InChI=1S/C17H34N2O/c1-13(2)14-7-8-15(18-4)16(11-14)19-10-6-9-17(3,12-19)20-5/h13-16,18H,6-12H2,1-5H3. The number of ether oxygens (including phenoxy) is 1. The van der Waals surface area contributed by atoms with Gasteiger partial charge in [0.25, 0.3) is 0 Å². The molecule has 1 N–H and O–H groups in total. The number of methoxy groups -OCH3 is 1. The Balaban J connectivity index is 2.06. The molecule has 4 atom stereocenters. The van der Waals surface area contributed by atoms with Crippen molar-refractivity contribution in [1.82, 2.24) is 10.2 Å². The molecule has 0 spiro atoms. The Morgan fingerprint density at radius 2 is 2.05 bits per heavy atom. The molecule has 1 saturated carbocycles. The second-order valence-electron chi connectivity index (χ2n) is 7.51. The normalized spacial score (nSPS) is 40.2. The van der Waals surface area contributed by atoms with Gasteiger partial charge in [-0.2, -0.15) is 0 Å². The highest BCUT2D eigenvalue weighted by Gasteiger charge is 2.39. The molecular weight excluding hydrogens is 248 g/mol. The summed E-state index contributed by atoms with van der Waals surface area (Å²) >= 11 is 0. The lowest BCUT2D eigenvalue weighted by molar-refractivity contribution is -0.0718. The van der Waals surface area contributed by atoms with Gasteiger partial charge < -0.3 is 10.1 Å². The molecule has 1 aliphatic carbocycles. The quantitative estimate of drug-likeness (QED) is 0.858. The van der Waals surface area contributed by atoms with Gasteiger partial charge in [-0.1, -0.05) is 13.8 Å². The molecule has 2 aliphatic rings. The van der Waals surface area contributed by atoms with Gasteiger partial charge in [0, 0.05) is 25.7 Å². The van der Waals surface area contributed by atoms with Crippen molar-refractivity contribution in [3.8, 4) is 0 Å². The Bertz CT molecular complexity index is 307. The summed E-state index contributed by atoms with van der Waals surface area (Å²) in [5.74, 6) is 1.70. The lowest BCUT2D eigenvalue weighted by atomic mass is 9.75. The number of likely N-dealkylation sites (N-methyl/N-ethyl adjacent to an activating group) is 1. The minimum Gasteiger partial charge on any atom is -0.377 e. The van der Waals surface area contributed by atoms with Crippen molar-refractivity contribution in [3.63, 3.8) is 0 Å². The lowest BCUT2D eigenvalue weighted by Crippen LogP contribution is -2.58. The van der Waals surface area contributed by atoms with Gasteiger partial charge in [0.15, 0.2) is 0 Å². The van der Waals surface area contributed by atoms with Crippen molar-refractivity contribution in [2.75, 3.05) is 27.2 Å². The smallest absolute Gasteiger partial charge is 0.0777 e. The third-order valence-electron chi connectivity index (χ3n) is 5.82. The van der Waals surface area contributed by atoms with E-state index in [-0.39, 0.29) is 5.60 Å². The fourth-order valence-electron chi connectivity index (χ4n) is 4.22. The van der Waals surface area contributed by atoms with Gasteiger partial charge in [-0.3, -0.25) is 4.90 Å². The Morgan fingerprint density at radius 1 is 1.30 bits per heavy atom. The van der Waals surface area contributed by atoms with Crippen LogP contribution in [0, 0.1) is 11.8 Å². The molecule has 3 heteroatoms. The minimum absolute atomic E-state index is 0.0569. The van der Waals surface area contributed by atoms with Crippen molar-refractivity contribution >= 4 is 0 Å². The number of nitrogens with one attached hydrogen (secondary N) is 1. The number of piperidine rings is 1. The van der Waals surface area contributed by atoms with Gasteiger partial charge in [-0.25, -0.2) is 0 Å². The van der Waals surface area contributed by atoms with E-state index in [0.717, 1.165) is 18.4 Å². The zero-order valence-corrected chi connectivity index (χ0v) is 14.1. The first-order chi connectivity index (χ1) is 9.49. The number of nitrogens with zero attached hydrogens (tertiary/aromatic N) is 1. The van der Waals surface area contributed by atoms with Gasteiger partial charge in [0.05, 0.1) is 5.60 Å². The SMILES string of the molecule is CNC1CCC(C(C)C)CC1N1CCCC(C)(OC)C1. The topological polar surface area (TPSA) is 24.5 Å². The van der Waals surface area contributed by atoms with E-state index < -0.39 is 0 Å². The highest BCUT2D eigenvalue weighted by Crippen LogP contribution is 2.35. The largest absolute Gasteiger partial charge is 0.377 e. The zero-order chi connectivity index (χ0) is 14.8. The monoisotopic (exact) mass is 282 g/mol. The zero-order valence-electron chi connectivity index (χ0n) is 14.1. The van der Waals surface area contributed by atoms with Crippen LogP contribution in [0.3, 0.4) is 0 Å². The summed E-state index contributed by atoms with van der Waals surface area (Å²) in [6.45, 7) is 9.38. The van der Waals surface area contributed by atoms with E-state index in [1.807, 2.05) is 7.11 Å². The molecule has 1 aliphatic heterocycles. The highest BCUT2D eigenvalue weighted by atomic mass is 16.5. The van der Waals surface area contributed by atoms with Crippen LogP contribution in [-0.4, -0.2) is 49.8 Å². The van der Waals surface area contributed by atoms with Crippen LogP contribution in [0.2, 0.25) is 0 Å². The maximum Gasteiger partial charge on any atom is 0.0777 e. The van der Waals surface area contributed by atoms with E-state index in [1.165, 1.54) is 38.6 Å². The molecule has 3 nitrogen and oxygen atoms in total. The summed E-state index contributed by atoms with van der Waals surface area (Å²) < 4.78 is 5.78. The number of hydrogen-bond acceptors (Lipinski definition) is 3. The van der Waals surface area contributed by atoms with E-state index >= 15 is 0 Å². The van der Waals surface area contributed by atoms with Crippen molar-refractivity contribution in [3.05, 3.63) is 0 Å². The van der Waals surface area contributed by atoms with E-state index in [9.17, 15) is 0 Å². The first kappa shape index (κ1) is 16.3. The van der Waals surface area contributed by atoms with Gasteiger partial charge >= 0.3 is 0 Å². The van der Waals surface area contributed by atoms with Crippen LogP contribution in [0.5, 0.6) is 0 Å². The Morgan fingerprint density at radius 3 is 2.65 bits per heavy atom. The van der Waals surface area contributed by atoms with Crippen molar-refractivity contribution in [2.24, 2.45) is 11.8 Å². The van der Waals surface area contributed by atoms with Crippen molar-refractivity contribution in [1.29, 1.82) is 0 Å². The van der Waals surface area contributed by atoms with Gasteiger partial charge in [0.2, 0.25) is 0 Å². The molecule has 1 heterocycles. The first-order valence-electron chi connectivity index (χ1n) is 8.45. The fourth-order valence-corrected chi connectivity index (χ4v) is 4.22. The second-order valence-corrected chi connectivity index (χ2v) is 7.51. The molecule has 0 radical (unpaired) electrons. The van der Waals surface area contributed by atoms with Gasteiger partial charge in [-0.05, 0) is 64.5 Å². The van der Waals surface area contributed by atoms with Crippen LogP contribution in [0.25, 0.3) is 0 Å². The highest BCUT2D eigenvalue weighted by molar-refractivity contribution is 4.95. The summed E-state index contributed by atoms with van der Waals surface area (Å²) in [6, 6.07) is 1.35. The summed E-state index contributed by atoms with van der Waals surface area (Å²) in [5, 5.41) is 3.57. The lowest BCUT2D eigenvalue weighted by Gasteiger charge is -2.48. The van der Waals surface area contributed by atoms with Crippen LogP contribution in [0.1, 0.15) is 52.9 Å². The van der Waals surface area contributed by atoms with Gasteiger partial charge in [0.1, 0.15) is 0 Å². The summed E-state index contributed by atoms with van der Waals surface area (Å²) in [5.41, 5.74) is 0.0569. The Hall–Kier alpha value is -0.120.